The molecule has 0 radical (unpaired) electrons. The van der Waals surface area contributed by atoms with E-state index in [1.807, 2.05) is 0 Å². The minimum absolute atomic E-state index is 0.170. The second-order valence-electron chi connectivity index (χ2n) is 5.72. The number of halogens is 1. The van der Waals surface area contributed by atoms with E-state index in [1.54, 1.807) is 24.3 Å². The second-order valence-corrected chi connectivity index (χ2v) is 8.47. The van der Waals surface area contributed by atoms with Crippen LogP contribution in [0.15, 0.2) is 24.3 Å². The highest BCUT2D eigenvalue weighted by Gasteiger charge is 2.33. The van der Waals surface area contributed by atoms with Gasteiger partial charge in [0.25, 0.3) is 0 Å². The van der Waals surface area contributed by atoms with E-state index in [2.05, 4.69) is 20.8 Å². The molecule has 1 aromatic carbocycles. The molecule has 1 aromatic heterocycles. The topological polar surface area (TPSA) is 107 Å². The largest absolute Gasteiger partial charge is 0.325 e. The molecule has 1 atom stereocenters. The summed E-state index contributed by atoms with van der Waals surface area (Å²) in [5.41, 5.74) is 0.481. The summed E-state index contributed by atoms with van der Waals surface area (Å²) in [4.78, 5) is 12.2. The molecule has 0 spiro atoms. The Kier molecular flexibility index (Phi) is 4.55. The van der Waals surface area contributed by atoms with E-state index >= 15 is 0 Å². The Balaban J connectivity index is 1.69. The monoisotopic (exact) mass is 369 g/mol. The van der Waals surface area contributed by atoms with Crippen molar-refractivity contribution in [2.24, 2.45) is 0 Å². The number of sulfone groups is 1. The van der Waals surface area contributed by atoms with Crippen LogP contribution in [0.1, 0.15) is 31.6 Å². The molecule has 1 aliphatic carbocycles. The number of amides is 1. The van der Waals surface area contributed by atoms with Gasteiger partial charge in [0.1, 0.15) is 11.0 Å². The van der Waals surface area contributed by atoms with Gasteiger partial charge in [0, 0.05) is 10.7 Å². The normalized spacial score (nSPS) is 15.9. The molecule has 10 heteroatoms. The van der Waals surface area contributed by atoms with Crippen molar-refractivity contribution in [1.29, 1.82) is 0 Å². The van der Waals surface area contributed by atoms with Gasteiger partial charge in [-0.2, -0.15) is 0 Å². The number of nitrogens with zero attached hydrogens (tertiary/aromatic N) is 4. The van der Waals surface area contributed by atoms with Crippen LogP contribution in [-0.4, -0.2) is 39.8 Å². The smallest absolute Gasteiger partial charge is 0.242 e. The maximum atomic E-state index is 12.5. The van der Waals surface area contributed by atoms with Crippen molar-refractivity contribution in [1.82, 2.24) is 20.2 Å². The van der Waals surface area contributed by atoms with Crippen molar-refractivity contribution in [2.45, 2.75) is 36.8 Å². The van der Waals surface area contributed by atoms with Crippen LogP contribution in [0, 0.1) is 0 Å². The van der Waals surface area contributed by atoms with E-state index in [9.17, 15) is 13.2 Å². The van der Waals surface area contributed by atoms with E-state index in [0.29, 0.717) is 10.7 Å². The number of tetrazole rings is 1. The number of carbonyl (C=O) groups is 1. The summed E-state index contributed by atoms with van der Waals surface area (Å²) >= 11 is 5.78. The van der Waals surface area contributed by atoms with Gasteiger partial charge in [-0.25, -0.2) is 13.1 Å². The molecule has 1 saturated carbocycles. The van der Waals surface area contributed by atoms with Gasteiger partial charge in [0.2, 0.25) is 5.91 Å². The Morgan fingerprint density at radius 1 is 1.38 bits per heavy atom. The van der Waals surface area contributed by atoms with Crippen molar-refractivity contribution in [2.75, 3.05) is 5.32 Å². The molecule has 1 N–H and O–H groups in total. The third kappa shape index (κ3) is 3.73. The number of hydrogen-bond acceptors (Lipinski definition) is 6. The number of nitrogens with one attached hydrogen (secondary N) is 1. The van der Waals surface area contributed by atoms with E-state index in [1.165, 1.54) is 11.6 Å². The Labute approximate surface area is 144 Å². The summed E-state index contributed by atoms with van der Waals surface area (Å²) in [6.45, 7) is 1.35. The highest BCUT2D eigenvalue weighted by Crippen LogP contribution is 2.34. The predicted octanol–water partition coefficient (Wildman–Crippen LogP) is 1.60. The molecule has 1 heterocycles. The third-order valence-corrected chi connectivity index (χ3v) is 6.01. The fourth-order valence-electron chi connectivity index (χ4n) is 2.16. The van der Waals surface area contributed by atoms with Crippen LogP contribution in [0.25, 0.3) is 0 Å². The SMILES string of the molecule is CC(C(=O)Nc1ccc(Cl)cc1)S(=O)(=O)Cc1nnnn1C1CC1. The number of benzene rings is 1. The van der Waals surface area contributed by atoms with Crippen LogP contribution in [0.4, 0.5) is 5.69 Å². The van der Waals surface area contributed by atoms with Crippen molar-refractivity contribution in [3.8, 4) is 0 Å². The van der Waals surface area contributed by atoms with Gasteiger partial charge in [0.05, 0.1) is 6.04 Å². The average Bonchev–Trinajstić information content (AvgIpc) is 3.29. The molecule has 1 fully saturated rings. The van der Waals surface area contributed by atoms with Gasteiger partial charge in [-0.15, -0.1) is 5.10 Å². The molecule has 0 aliphatic heterocycles. The Hall–Kier alpha value is -2.00. The van der Waals surface area contributed by atoms with Gasteiger partial charge in [-0.3, -0.25) is 4.79 Å². The molecule has 3 rings (SSSR count). The zero-order valence-corrected chi connectivity index (χ0v) is 14.5. The predicted molar refractivity (Wildman–Crippen MR) is 88.3 cm³/mol. The third-order valence-electron chi connectivity index (χ3n) is 3.80. The molecule has 1 unspecified atom stereocenters. The van der Waals surface area contributed by atoms with Gasteiger partial charge in [-0.05, 0) is 54.5 Å². The van der Waals surface area contributed by atoms with E-state index in [4.69, 9.17) is 11.6 Å². The lowest BCUT2D eigenvalue weighted by molar-refractivity contribution is -0.115. The van der Waals surface area contributed by atoms with Crippen LogP contribution in [-0.2, 0) is 20.4 Å². The lowest BCUT2D eigenvalue weighted by Gasteiger charge is -2.13. The van der Waals surface area contributed by atoms with Gasteiger partial charge in [0.15, 0.2) is 15.7 Å². The minimum Gasteiger partial charge on any atom is -0.325 e. The molecule has 0 bridgehead atoms. The summed E-state index contributed by atoms with van der Waals surface area (Å²) in [6, 6.07) is 6.60. The van der Waals surface area contributed by atoms with Crippen molar-refractivity contribution in [3.05, 3.63) is 35.1 Å². The molecule has 1 amide bonds. The van der Waals surface area contributed by atoms with Gasteiger partial charge in [-0.1, -0.05) is 11.6 Å². The quantitative estimate of drug-likeness (QED) is 0.828. The zero-order valence-electron chi connectivity index (χ0n) is 12.9. The van der Waals surface area contributed by atoms with Crippen LogP contribution < -0.4 is 5.32 Å². The van der Waals surface area contributed by atoms with Crippen molar-refractivity contribution in [3.63, 3.8) is 0 Å². The first kappa shape index (κ1) is 16.8. The average molecular weight is 370 g/mol. The van der Waals surface area contributed by atoms with E-state index in [-0.39, 0.29) is 17.6 Å². The molecule has 128 valence electrons. The number of aromatic nitrogens is 4. The van der Waals surface area contributed by atoms with Crippen LogP contribution in [0.5, 0.6) is 0 Å². The number of rotatable bonds is 6. The highest BCUT2D eigenvalue weighted by molar-refractivity contribution is 7.92. The summed E-state index contributed by atoms with van der Waals surface area (Å²) in [5.74, 6) is -0.711. The van der Waals surface area contributed by atoms with Crippen molar-refractivity contribution < 1.29 is 13.2 Å². The fourth-order valence-corrected chi connectivity index (χ4v) is 3.47. The zero-order chi connectivity index (χ0) is 17.3. The number of hydrogen-bond donors (Lipinski definition) is 1. The van der Waals surface area contributed by atoms with Crippen LogP contribution in [0.2, 0.25) is 5.02 Å². The molecular formula is C14H16ClN5O3S. The first-order valence-electron chi connectivity index (χ1n) is 7.41. The molecular weight excluding hydrogens is 354 g/mol. The minimum atomic E-state index is -3.74. The standard InChI is InChI=1S/C14H16ClN5O3S/c1-9(14(21)16-11-4-2-10(15)3-5-11)24(22,23)8-13-17-18-19-20(13)12-6-7-12/h2-5,9,12H,6-8H2,1H3,(H,16,21). The maximum Gasteiger partial charge on any atom is 0.242 e. The lowest BCUT2D eigenvalue weighted by Crippen LogP contribution is -2.34. The summed E-state index contributed by atoms with van der Waals surface area (Å²) in [7, 11) is -3.74. The molecule has 2 aromatic rings. The molecule has 8 nitrogen and oxygen atoms in total. The van der Waals surface area contributed by atoms with Gasteiger partial charge < -0.3 is 5.32 Å². The summed E-state index contributed by atoms with van der Waals surface area (Å²) < 4.78 is 26.5. The Morgan fingerprint density at radius 2 is 2.04 bits per heavy atom. The fraction of sp³-hybridized carbons (Fsp3) is 0.429. The van der Waals surface area contributed by atoms with E-state index < -0.39 is 21.0 Å². The first-order valence-corrected chi connectivity index (χ1v) is 9.51. The molecule has 24 heavy (non-hydrogen) atoms. The van der Waals surface area contributed by atoms with Gasteiger partial charge >= 0.3 is 0 Å². The number of carbonyl (C=O) groups excluding carboxylic acids is 1. The Morgan fingerprint density at radius 3 is 2.67 bits per heavy atom. The van der Waals surface area contributed by atoms with Crippen molar-refractivity contribution >= 4 is 33.0 Å². The van der Waals surface area contributed by atoms with E-state index in [0.717, 1.165) is 12.8 Å². The second kappa shape index (κ2) is 6.48. The van der Waals surface area contributed by atoms with Crippen LogP contribution >= 0.6 is 11.6 Å². The molecule has 0 saturated heterocycles. The number of anilines is 1. The maximum absolute atomic E-state index is 12.5. The highest BCUT2D eigenvalue weighted by atomic mass is 35.5. The first-order chi connectivity index (χ1) is 11.4. The molecule has 1 aliphatic rings. The summed E-state index contributed by atoms with van der Waals surface area (Å²) in [5, 5.41) is 13.0. The Bertz CT molecular complexity index is 846. The summed E-state index contributed by atoms with van der Waals surface area (Å²) in [6.07, 6.45) is 1.87. The lowest BCUT2D eigenvalue weighted by atomic mass is 10.3. The van der Waals surface area contributed by atoms with Crippen LogP contribution in [0.3, 0.4) is 0 Å².